The lowest BCUT2D eigenvalue weighted by molar-refractivity contribution is -0.0687. The number of hydrogen-bond acceptors (Lipinski definition) is 4. The molecule has 0 fully saturated rings. The minimum atomic E-state index is -1.97. The van der Waals surface area contributed by atoms with Gasteiger partial charge < -0.3 is 18.6 Å². The Bertz CT molecular complexity index is 645. The number of hydrogen-bond donors (Lipinski definition) is 0. The van der Waals surface area contributed by atoms with E-state index in [1.165, 1.54) is 0 Å². The van der Waals surface area contributed by atoms with Crippen LogP contribution in [0.4, 0.5) is 0 Å². The van der Waals surface area contributed by atoms with Crippen LogP contribution in [0.5, 0.6) is 5.75 Å². The average Bonchev–Trinajstić information content (AvgIpc) is 2.75. The van der Waals surface area contributed by atoms with Gasteiger partial charge in [0, 0.05) is 6.61 Å². The molecule has 1 rings (SSSR count). The van der Waals surface area contributed by atoms with Gasteiger partial charge in [-0.1, -0.05) is 53.4 Å². The summed E-state index contributed by atoms with van der Waals surface area (Å²) in [7, 11) is -0.298. The van der Waals surface area contributed by atoms with Crippen molar-refractivity contribution in [2.24, 2.45) is 0 Å². The van der Waals surface area contributed by atoms with Crippen LogP contribution >= 0.6 is 22.6 Å². The van der Waals surface area contributed by atoms with E-state index in [0.717, 1.165) is 30.6 Å². The highest BCUT2D eigenvalue weighted by Crippen LogP contribution is 2.22. The molecule has 0 aliphatic heterocycles. The topological polar surface area (TPSA) is 36.9 Å². The second-order valence-electron chi connectivity index (χ2n) is 7.62. The Morgan fingerprint density at radius 2 is 1.83 bits per heavy atom. The maximum atomic E-state index is 6.48. The van der Waals surface area contributed by atoms with E-state index in [2.05, 4.69) is 61.8 Å². The van der Waals surface area contributed by atoms with Gasteiger partial charge in [0.05, 0.1) is 32.0 Å². The van der Waals surface area contributed by atoms with Crippen LogP contribution in [-0.2, 0) is 20.5 Å². The summed E-state index contributed by atoms with van der Waals surface area (Å²) in [6.45, 7) is 15.5. The van der Waals surface area contributed by atoms with Crippen molar-refractivity contribution in [1.82, 2.24) is 0 Å². The fourth-order valence-corrected chi connectivity index (χ4v) is 4.50. The van der Waals surface area contributed by atoms with Crippen LogP contribution in [0.2, 0.25) is 13.1 Å². The molecule has 1 aromatic rings. The van der Waals surface area contributed by atoms with Gasteiger partial charge in [0.15, 0.2) is 0 Å². The standard InChI is InChI=1S/C24H37IO4Si/c1-7-10-24(29-30(5,6)9-3)23(28-21(8-2)15-17-25)16-18-27-19-20-11-13-22(26-4)14-12-20/h7,9,11-15,17,21,23-24H,1,3,8,10,16,18-19H2,2,4-6H3/b17-15-/t21-,23-,24+/m0/s1. The van der Waals surface area contributed by atoms with Crippen LogP contribution in [0.15, 0.2) is 59.4 Å². The molecule has 0 spiro atoms. The molecule has 0 heterocycles. The van der Waals surface area contributed by atoms with Gasteiger partial charge in [-0.25, -0.2) is 0 Å². The summed E-state index contributed by atoms with van der Waals surface area (Å²) in [5, 5.41) is 0. The Kier molecular flexibility index (Phi) is 13.5. The van der Waals surface area contributed by atoms with Gasteiger partial charge >= 0.3 is 0 Å². The molecule has 0 N–H and O–H groups in total. The minimum absolute atomic E-state index is 0.0536. The highest BCUT2D eigenvalue weighted by atomic mass is 127. The summed E-state index contributed by atoms with van der Waals surface area (Å²) < 4.78 is 26.1. The predicted octanol–water partition coefficient (Wildman–Crippen LogP) is 6.61. The maximum Gasteiger partial charge on any atom is 0.211 e. The molecule has 0 aliphatic rings. The van der Waals surface area contributed by atoms with Gasteiger partial charge in [0.1, 0.15) is 5.75 Å². The number of rotatable bonds is 16. The fourth-order valence-electron chi connectivity index (χ4n) is 2.91. The molecule has 1 aromatic carbocycles. The molecule has 0 bridgehead atoms. The summed E-state index contributed by atoms with van der Waals surface area (Å²) >= 11 is 2.23. The van der Waals surface area contributed by atoms with Gasteiger partial charge in [-0.15, -0.1) is 13.2 Å². The molecular formula is C24H37IO4Si. The smallest absolute Gasteiger partial charge is 0.211 e. The molecule has 168 valence electrons. The van der Waals surface area contributed by atoms with E-state index in [9.17, 15) is 0 Å². The Labute approximate surface area is 197 Å². The van der Waals surface area contributed by atoms with Crippen molar-refractivity contribution in [1.29, 1.82) is 0 Å². The van der Waals surface area contributed by atoms with Gasteiger partial charge in [0.2, 0.25) is 8.32 Å². The molecule has 3 atom stereocenters. The number of benzene rings is 1. The highest BCUT2D eigenvalue weighted by Gasteiger charge is 2.30. The molecule has 0 saturated carbocycles. The summed E-state index contributed by atoms with van der Waals surface area (Å²) in [6, 6.07) is 7.94. The van der Waals surface area contributed by atoms with Crippen molar-refractivity contribution in [2.45, 2.75) is 64.2 Å². The first-order valence-corrected chi connectivity index (χ1v) is 14.7. The monoisotopic (exact) mass is 544 g/mol. The van der Waals surface area contributed by atoms with E-state index >= 15 is 0 Å². The van der Waals surface area contributed by atoms with E-state index in [1.54, 1.807) is 7.11 Å². The second kappa shape index (κ2) is 15.0. The van der Waals surface area contributed by atoms with Crippen LogP contribution in [0.1, 0.15) is 31.7 Å². The molecule has 0 aliphatic carbocycles. The van der Waals surface area contributed by atoms with E-state index < -0.39 is 8.32 Å². The summed E-state index contributed by atoms with van der Waals surface area (Å²) in [4.78, 5) is 0. The van der Waals surface area contributed by atoms with E-state index in [4.69, 9.17) is 18.6 Å². The molecule has 0 amide bonds. The SMILES string of the molecule is C=CC[C@@H](O[Si](C)(C)C=C)[C@H](CCOCc1ccc(OC)cc1)O[C@H](/C=C\I)CC. The summed E-state index contributed by atoms with van der Waals surface area (Å²) in [5.74, 6) is 0.847. The van der Waals surface area contributed by atoms with Crippen molar-refractivity contribution in [3.63, 3.8) is 0 Å². The Hall–Kier alpha value is -0.933. The summed E-state index contributed by atoms with van der Waals surface area (Å²) in [5.41, 5.74) is 3.08. The first-order valence-electron chi connectivity index (χ1n) is 10.4. The molecule has 6 heteroatoms. The van der Waals surface area contributed by atoms with Gasteiger partial charge in [-0.3, -0.25) is 0 Å². The van der Waals surface area contributed by atoms with Gasteiger partial charge in [-0.05, 0) is 60.2 Å². The van der Waals surface area contributed by atoms with Gasteiger partial charge in [-0.2, -0.15) is 0 Å². The molecule has 0 aromatic heterocycles. The highest BCUT2D eigenvalue weighted by molar-refractivity contribution is 14.1. The van der Waals surface area contributed by atoms with E-state index in [-0.39, 0.29) is 18.3 Å². The number of halogens is 1. The molecule has 0 radical (unpaired) electrons. The van der Waals surface area contributed by atoms with Crippen LogP contribution in [-0.4, -0.2) is 40.3 Å². The van der Waals surface area contributed by atoms with Crippen molar-refractivity contribution < 1.29 is 18.6 Å². The number of ether oxygens (including phenoxy) is 3. The lowest BCUT2D eigenvalue weighted by Gasteiger charge is -2.34. The van der Waals surface area contributed by atoms with Crippen LogP contribution in [0, 0.1) is 0 Å². The van der Waals surface area contributed by atoms with Crippen molar-refractivity contribution in [3.05, 3.63) is 64.9 Å². The lowest BCUT2D eigenvalue weighted by Crippen LogP contribution is -2.42. The third kappa shape index (κ3) is 10.4. The third-order valence-electron chi connectivity index (χ3n) is 4.77. The lowest BCUT2D eigenvalue weighted by atomic mass is 10.1. The minimum Gasteiger partial charge on any atom is -0.497 e. The van der Waals surface area contributed by atoms with E-state index in [1.807, 2.05) is 40.1 Å². The quantitative estimate of drug-likeness (QED) is 0.102. The van der Waals surface area contributed by atoms with Crippen LogP contribution < -0.4 is 4.74 Å². The molecular weight excluding hydrogens is 507 g/mol. The first kappa shape index (κ1) is 27.1. The zero-order chi connectivity index (χ0) is 22.4. The maximum absolute atomic E-state index is 6.48. The van der Waals surface area contributed by atoms with Crippen LogP contribution in [0.3, 0.4) is 0 Å². The third-order valence-corrected chi connectivity index (χ3v) is 7.08. The average molecular weight is 545 g/mol. The normalized spacial score (nSPS) is 15.0. The van der Waals surface area contributed by atoms with Crippen LogP contribution in [0.25, 0.3) is 0 Å². The Morgan fingerprint density at radius 1 is 1.13 bits per heavy atom. The second-order valence-corrected chi connectivity index (χ2v) is 12.2. The zero-order valence-corrected chi connectivity index (χ0v) is 22.0. The number of methoxy groups -OCH3 is 1. The molecule has 30 heavy (non-hydrogen) atoms. The van der Waals surface area contributed by atoms with Crippen molar-refractivity contribution in [2.75, 3.05) is 13.7 Å². The largest absolute Gasteiger partial charge is 0.497 e. The Morgan fingerprint density at radius 3 is 2.37 bits per heavy atom. The predicted molar refractivity (Wildman–Crippen MR) is 137 cm³/mol. The zero-order valence-electron chi connectivity index (χ0n) is 18.8. The molecule has 0 saturated heterocycles. The van der Waals surface area contributed by atoms with Crippen molar-refractivity contribution in [3.8, 4) is 5.75 Å². The molecule has 4 nitrogen and oxygen atoms in total. The van der Waals surface area contributed by atoms with Crippen molar-refractivity contribution >= 4 is 30.9 Å². The fraction of sp³-hybridized carbons (Fsp3) is 0.500. The van der Waals surface area contributed by atoms with Gasteiger partial charge in [0.25, 0.3) is 0 Å². The molecule has 0 unspecified atom stereocenters. The first-order chi connectivity index (χ1) is 14.4. The Balaban J connectivity index is 2.78. The summed E-state index contributed by atoms with van der Waals surface area (Å²) in [6.07, 6.45) is 6.30. The van der Waals surface area contributed by atoms with E-state index in [0.29, 0.717) is 13.2 Å².